The zero-order valence-electron chi connectivity index (χ0n) is 16.1. The van der Waals surface area contributed by atoms with Crippen molar-refractivity contribution in [1.29, 1.82) is 0 Å². The van der Waals surface area contributed by atoms with Gasteiger partial charge in [0, 0.05) is 47.0 Å². The quantitative estimate of drug-likeness (QED) is 0.613. The molecule has 0 aliphatic carbocycles. The van der Waals surface area contributed by atoms with E-state index < -0.39 is 0 Å². The van der Waals surface area contributed by atoms with Crippen LogP contribution in [0.2, 0.25) is 5.02 Å². The summed E-state index contributed by atoms with van der Waals surface area (Å²) in [6.45, 7) is 4.63. The van der Waals surface area contributed by atoms with Crippen molar-refractivity contribution < 1.29 is 9.59 Å². The fraction of sp³-hybridized carbons (Fsp3) is 0.182. The summed E-state index contributed by atoms with van der Waals surface area (Å²) >= 11 is 6.00. The summed E-state index contributed by atoms with van der Waals surface area (Å²) in [5, 5.41) is 7.50. The summed E-state index contributed by atoms with van der Waals surface area (Å²) in [7, 11) is 0. The van der Waals surface area contributed by atoms with Gasteiger partial charge in [-0.15, -0.1) is 0 Å². The Kier molecular flexibility index (Phi) is 5.63. The fourth-order valence-electron chi connectivity index (χ4n) is 3.39. The molecule has 1 aliphatic heterocycles. The fourth-order valence-corrected chi connectivity index (χ4v) is 3.57. The number of aromatic nitrogens is 2. The van der Waals surface area contributed by atoms with Gasteiger partial charge in [-0.3, -0.25) is 9.59 Å². The Hall–Kier alpha value is -3.45. The first-order valence-corrected chi connectivity index (χ1v) is 9.91. The Bertz CT molecular complexity index is 1120. The summed E-state index contributed by atoms with van der Waals surface area (Å²) in [4.78, 5) is 34.8. The highest BCUT2D eigenvalue weighted by molar-refractivity contribution is 6.31. The van der Waals surface area contributed by atoms with Gasteiger partial charge in [-0.2, -0.15) is 0 Å². The molecule has 3 aromatic rings. The summed E-state index contributed by atoms with van der Waals surface area (Å²) in [6, 6.07) is 12.4. The molecule has 0 bridgehead atoms. The smallest absolute Gasteiger partial charge is 0.253 e. The van der Waals surface area contributed by atoms with E-state index in [4.69, 9.17) is 11.6 Å². The van der Waals surface area contributed by atoms with Crippen LogP contribution in [0.1, 0.15) is 16.8 Å². The second-order valence-corrected chi connectivity index (χ2v) is 7.49. The van der Waals surface area contributed by atoms with E-state index in [9.17, 15) is 9.59 Å². The van der Waals surface area contributed by atoms with Crippen molar-refractivity contribution in [2.24, 2.45) is 0 Å². The van der Waals surface area contributed by atoms with Gasteiger partial charge in [0.25, 0.3) is 5.91 Å². The van der Waals surface area contributed by atoms with Crippen molar-refractivity contribution in [2.45, 2.75) is 12.5 Å². The molecule has 0 radical (unpaired) electrons. The van der Waals surface area contributed by atoms with E-state index in [0.29, 0.717) is 35.3 Å². The number of fused-ring (bicyclic) bond motifs is 1. The second kappa shape index (κ2) is 8.51. The van der Waals surface area contributed by atoms with E-state index in [2.05, 4.69) is 27.2 Å². The van der Waals surface area contributed by atoms with Crippen LogP contribution >= 0.6 is 11.6 Å². The normalized spacial score (nSPS) is 15.8. The maximum Gasteiger partial charge on any atom is 0.253 e. The molecule has 1 saturated heterocycles. The predicted octanol–water partition coefficient (Wildman–Crippen LogP) is 3.73. The van der Waals surface area contributed by atoms with Gasteiger partial charge in [-0.1, -0.05) is 18.2 Å². The number of halogens is 1. The molecular weight excluding hydrogens is 402 g/mol. The van der Waals surface area contributed by atoms with Gasteiger partial charge in [-0.25, -0.2) is 9.97 Å². The number of benzene rings is 2. The number of anilines is 2. The molecule has 2 N–H and O–H groups in total. The van der Waals surface area contributed by atoms with Crippen molar-refractivity contribution in [3.05, 3.63) is 71.9 Å². The Morgan fingerprint density at radius 2 is 2.00 bits per heavy atom. The summed E-state index contributed by atoms with van der Waals surface area (Å²) in [6.07, 6.45) is 3.74. The molecule has 2 heterocycles. The number of carbonyl (C=O) groups is 2. The average molecular weight is 422 g/mol. The Labute approximate surface area is 178 Å². The van der Waals surface area contributed by atoms with E-state index in [-0.39, 0.29) is 17.9 Å². The Morgan fingerprint density at radius 3 is 2.77 bits per heavy atom. The van der Waals surface area contributed by atoms with Crippen LogP contribution in [0.4, 0.5) is 11.6 Å². The molecule has 1 fully saturated rings. The lowest BCUT2D eigenvalue weighted by Crippen LogP contribution is -2.31. The number of likely N-dealkylation sites (tertiary alicyclic amines) is 1. The van der Waals surface area contributed by atoms with Crippen LogP contribution in [0, 0.1) is 0 Å². The molecule has 0 saturated carbocycles. The lowest BCUT2D eigenvalue weighted by molar-refractivity contribution is -0.111. The van der Waals surface area contributed by atoms with Crippen LogP contribution in [-0.2, 0) is 4.79 Å². The van der Waals surface area contributed by atoms with Crippen LogP contribution in [0.25, 0.3) is 10.9 Å². The van der Waals surface area contributed by atoms with E-state index in [1.165, 1.54) is 6.08 Å². The summed E-state index contributed by atoms with van der Waals surface area (Å²) in [5.41, 5.74) is 2.00. The third-order valence-electron chi connectivity index (χ3n) is 4.94. The van der Waals surface area contributed by atoms with Crippen molar-refractivity contribution in [2.75, 3.05) is 23.7 Å². The standard InChI is InChI=1S/C22H20ClN5O2/c1-2-20(29)25-17-6-3-14(4-7-17)21(30)28-10-9-18(13-28)26-22-24-12-15-11-16(23)5-8-19(15)27-22/h2-8,11-12,18H,1,9-10,13H2,(H,25,29)(H,24,26,27). The van der Waals surface area contributed by atoms with E-state index in [0.717, 1.165) is 17.3 Å². The minimum Gasteiger partial charge on any atom is -0.350 e. The molecule has 1 atom stereocenters. The van der Waals surface area contributed by atoms with Crippen LogP contribution in [0.3, 0.4) is 0 Å². The monoisotopic (exact) mass is 421 g/mol. The first-order chi connectivity index (χ1) is 14.5. The number of nitrogens with zero attached hydrogens (tertiary/aromatic N) is 3. The molecule has 152 valence electrons. The van der Waals surface area contributed by atoms with Gasteiger partial charge in [-0.05, 0) is 55.0 Å². The first kappa shape index (κ1) is 19.8. The SMILES string of the molecule is C=CC(=O)Nc1ccc(C(=O)N2CCC(Nc3ncc4cc(Cl)ccc4n3)C2)cc1. The Balaban J connectivity index is 1.38. The van der Waals surface area contributed by atoms with Crippen LogP contribution in [-0.4, -0.2) is 45.8 Å². The highest BCUT2D eigenvalue weighted by atomic mass is 35.5. The topological polar surface area (TPSA) is 87.2 Å². The molecule has 7 nitrogen and oxygen atoms in total. The van der Waals surface area contributed by atoms with Crippen LogP contribution < -0.4 is 10.6 Å². The maximum atomic E-state index is 12.8. The van der Waals surface area contributed by atoms with Crippen molar-refractivity contribution in [1.82, 2.24) is 14.9 Å². The lowest BCUT2D eigenvalue weighted by atomic mass is 10.2. The third-order valence-corrected chi connectivity index (χ3v) is 5.17. The zero-order chi connectivity index (χ0) is 21.1. The van der Waals surface area contributed by atoms with Gasteiger partial charge in [0.1, 0.15) is 0 Å². The number of nitrogens with one attached hydrogen (secondary N) is 2. The van der Waals surface area contributed by atoms with E-state index in [1.807, 2.05) is 12.1 Å². The molecule has 1 aromatic heterocycles. The second-order valence-electron chi connectivity index (χ2n) is 7.05. The minimum absolute atomic E-state index is 0.0463. The van der Waals surface area contributed by atoms with Gasteiger partial charge < -0.3 is 15.5 Å². The number of amides is 2. The van der Waals surface area contributed by atoms with Crippen molar-refractivity contribution >= 4 is 46.0 Å². The molecule has 1 unspecified atom stereocenters. The summed E-state index contributed by atoms with van der Waals surface area (Å²) in [5.74, 6) is 0.197. The highest BCUT2D eigenvalue weighted by Gasteiger charge is 2.27. The number of hydrogen-bond acceptors (Lipinski definition) is 5. The van der Waals surface area contributed by atoms with E-state index >= 15 is 0 Å². The van der Waals surface area contributed by atoms with Crippen molar-refractivity contribution in [3.8, 4) is 0 Å². The molecular formula is C22H20ClN5O2. The number of carbonyl (C=O) groups excluding carboxylic acids is 2. The third kappa shape index (κ3) is 4.41. The number of hydrogen-bond donors (Lipinski definition) is 2. The van der Waals surface area contributed by atoms with Gasteiger partial charge >= 0.3 is 0 Å². The van der Waals surface area contributed by atoms with Gasteiger partial charge in [0.05, 0.1) is 5.52 Å². The molecule has 30 heavy (non-hydrogen) atoms. The molecule has 2 amide bonds. The average Bonchev–Trinajstić information content (AvgIpc) is 3.22. The molecule has 2 aromatic carbocycles. The highest BCUT2D eigenvalue weighted by Crippen LogP contribution is 2.21. The molecule has 8 heteroatoms. The van der Waals surface area contributed by atoms with Crippen LogP contribution in [0.5, 0.6) is 0 Å². The maximum absolute atomic E-state index is 12.8. The number of rotatable bonds is 5. The molecule has 4 rings (SSSR count). The molecule has 0 spiro atoms. The zero-order valence-corrected chi connectivity index (χ0v) is 16.9. The van der Waals surface area contributed by atoms with Crippen molar-refractivity contribution in [3.63, 3.8) is 0 Å². The van der Waals surface area contributed by atoms with Crippen LogP contribution in [0.15, 0.2) is 61.3 Å². The van der Waals surface area contributed by atoms with Gasteiger partial charge in [0.15, 0.2) is 0 Å². The summed E-state index contributed by atoms with van der Waals surface area (Å²) < 4.78 is 0. The Morgan fingerprint density at radius 1 is 1.20 bits per heavy atom. The first-order valence-electron chi connectivity index (χ1n) is 9.53. The lowest BCUT2D eigenvalue weighted by Gasteiger charge is -2.17. The minimum atomic E-state index is -0.290. The van der Waals surface area contributed by atoms with E-state index in [1.54, 1.807) is 41.4 Å². The predicted molar refractivity (Wildman–Crippen MR) is 118 cm³/mol. The largest absolute Gasteiger partial charge is 0.350 e. The molecule has 1 aliphatic rings. The van der Waals surface area contributed by atoms with Gasteiger partial charge in [0.2, 0.25) is 11.9 Å².